The first kappa shape index (κ1) is 30.9. The number of rotatable bonds is 6. The third-order valence-corrected chi connectivity index (χ3v) is 13.4. The van der Waals surface area contributed by atoms with E-state index in [0.717, 1.165) is 35.1 Å². The van der Waals surface area contributed by atoms with E-state index < -0.39 is 13.2 Å². The molecule has 8 rings (SSSR count). The zero-order valence-electron chi connectivity index (χ0n) is 24.4. The normalized spacial score (nSPS) is 26.7. The first-order valence-corrected chi connectivity index (χ1v) is 19.7. The molecule has 0 spiro atoms. The molecule has 4 aliphatic rings. The van der Waals surface area contributed by atoms with Gasteiger partial charge in [0.05, 0.1) is 24.6 Å². The van der Waals surface area contributed by atoms with Crippen molar-refractivity contribution < 1.29 is 17.1 Å². The van der Waals surface area contributed by atoms with Crippen LogP contribution in [0.3, 0.4) is 0 Å². The molecule has 4 bridgehead atoms. The monoisotopic (exact) mass is 640 g/mol. The standard InChI is InChI=1S/C28H37N4P2Si.C5H5.Fe/c1-35(2,3)21-11-22(27-13-18-8-19(14-27)10-20(9-18)24(27)17-33)23(12-21)28(34,25-15-29-4-6-31-25)26-16-30-5-7-32-26;1-2-4-5-3-1;/h4-7,11-12,15-16,18-20,24H,8-10,13-14,17,33-34H2,1-3H3;1-5H;/q2*-1;+2. The second kappa shape index (κ2) is 12.2. The molecule has 41 heavy (non-hydrogen) atoms. The van der Waals surface area contributed by atoms with Gasteiger partial charge in [-0.1, -0.05) is 37.9 Å². The minimum atomic E-state index is -1.56. The third-order valence-electron chi connectivity index (χ3n) is 9.98. The van der Waals surface area contributed by atoms with Gasteiger partial charge in [-0.25, -0.2) is 18.2 Å². The van der Waals surface area contributed by atoms with Crippen molar-refractivity contribution >= 4 is 31.7 Å². The number of hydrogen-bond acceptors (Lipinski definition) is 4. The molecule has 0 radical (unpaired) electrons. The van der Waals surface area contributed by atoms with Crippen molar-refractivity contribution in [1.82, 2.24) is 19.9 Å². The second-order valence-electron chi connectivity index (χ2n) is 13.4. The predicted molar refractivity (Wildman–Crippen MR) is 174 cm³/mol. The largest absolute Gasteiger partial charge is 2.00 e. The number of nitrogens with zero attached hydrogens (tertiary/aromatic N) is 4. The summed E-state index contributed by atoms with van der Waals surface area (Å²) in [7, 11) is 4.76. The molecule has 0 N–H and O–H groups in total. The Hall–Kier alpha value is -1.54. The summed E-state index contributed by atoms with van der Waals surface area (Å²) in [5.74, 6) is 3.35. The van der Waals surface area contributed by atoms with Gasteiger partial charge in [0.25, 0.3) is 0 Å². The van der Waals surface area contributed by atoms with E-state index in [1.807, 2.05) is 55.1 Å². The van der Waals surface area contributed by atoms with Crippen molar-refractivity contribution in [2.24, 2.45) is 23.7 Å². The van der Waals surface area contributed by atoms with Crippen molar-refractivity contribution in [3.8, 4) is 0 Å². The molecule has 5 atom stereocenters. The minimum absolute atomic E-state index is 0. The van der Waals surface area contributed by atoms with Gasteiger partial charge in [-0.2, -0.15) is 35.0 Å². The van der Waals surface area contributed by atoms with Crippen LogP contribution in [-0.2, 0) is 27.6 Å². The summed E-state index contributed by atoms with van der Waals surface area (Å²) in [5.41, 5.74) is 5.04. The maximum Gasteiger partial charge on any atom is 2.00 e. The van der Waals surface area contributed by atoms with Crippen molar-refractivity contribution in [3.63, 3.8) is 0 Å². The van der Waals surface area contributed by atoms with Crippen molar-refractivity contribution in [3.05, 3.63) is 102 Å². The fourth-order valence-corrected chi connectivity index (χ4v) is 10.9. The summed E-state index contributed by atoms with van der Waals surface area (Å²) >= 11 is 0. The predicted octanol–water partition coefficient (Wildman–Crippen LogP) is 6.67. The molecule has 4 fully saturated rings. The summed E-state index contributed by atoms with van der Waals surface area (Å²) in [6, 6.07) is 15.2. The van der Waals surface area contributed by atoms with E-state index in [9.17, 15) is 0 Å². The van der Waals surface area contributed by atoms with Crippen LogP contribution in [0.2, 0.25) is 19.6 Å². The molecule has 0 amide bonds. The average molecular weight is 641 g/mol. The Labute approximate surface area is 262 Å². The van der Waals surface area contributed by atoms with E-state index in [2.05, 4.69) is 60.2 Å². The Bertz CT molecular complexity index is 1330. The van der Waals surface area contributed by atoms with Crippen molar-refractivity contribution in [1.29, 1.82) is 0 Å². The van der Waals surface area contributed by atoms with Crippen LogP contribution in [0.4, 0.5) is 0 Å². The zero-order chi connectivity index (χ0) is 28.0. The van der Waals surface area contributed by atoms with Crippen LogP contribution in [0.15, 0.2) is 79.6 Å². The summed E-state index contributed by atoms with van der Waals surface area (Å²) in [4.78, 5) is 18.7. The van der Waals surface area contributed by atoms with Gasteiger partial charge in [-0.15, -0.1) is 24.0 Å². The van der Waals surface area contributed by atoms with Crippen molar-refractivity contribution in [2.75, 3.05) is 6.16 Å². The topological polar surface area (TPSA) is 51.6 Å². The number of hydrogen-bond donors (Lipinski definition) is 0. The van der Waals surface area contributed by atoms with E-state index in [4.69, 9.17) is 9.97 Å². The Morgan fingerprint density at radius 1 is 0.927 bits per heavy atom. The molecule has 4 saturated carbocycles. The summed E-state index contributed by atoms with van der Waals surface area (Å²) in [6.07, 6.45) is 19.2. The van der Waals surface area contributed by atoms with Gasteiger partial charge in [0.1, 0.15) is 0 Å². The van der Waals surface area contributed by atoms with E-state index in [1.54, 1.807) is 23.1 Å². The van der Waals surface area contributed by atoms with Gasteiger partial charge in [0, 0.05) is 37.2 Å². The molecule has 8 heteroatoms. The summed E-state index contributed by atoms with van der Waals surface area (Å²) < 4.78 is 0. The molecule has 2 heterocycles. The third kappa shape index (κ3) is 5.61. The maximum absolute atomic E-state index is 4.86. The molecular formula is C33H42FeN4P2Si. The fourth-order valence-electron chi connectivity index (χ4n) is 8.40. The average Bonchev–Trinajstić information content (AvgIpc) is 3.68. The Morgan fingerprint density at radius 3 is 1.95 bits per heavy atom. The van der Waals surface area contributed by atoms with E-state index in [-0.39, 0.29) is 22.5 Å². The quantitative estimate of drug-likeness (QED) is 0.134. The Balaban J connectivity index is 0.000000510. The summed E-state index contributed by atoms with van der Waals surface area (Å²) in [6.45, 7) is 7.41. The molecule has 216 valence electrons. The van der Waals surface area contributed by atoms with Crippen LogP contribution in [0.25, 0.3) is 0 Å². The van der Waals surface area contributed by atoms with Gasteiger partial charge in [0.2, 0.25) is 0 Å². The molecule has 2 aromatic carbocycles. The van der Waals surface area contributed by atoms with Crippen LogP contribution in [0, 0.1) is 23.7 Å². The first-order chi connectivity index (χ1) is 19.3. The fraction of sp³-hybridized carbons (Fsp3) is 0.455. The van der Waals surface area contributed by atoms with Gasteiger partial charge < -0.3 is 0 Å². The van der Waals surface area contributed by atoms with Gasteiger partial charge in [0.15, 0.2) is 0 Å². The van der Waals surface area contributed by atoms with E-state index in [1.165, 1.54) is 43.8 Å². The number of aromatic nitrogens is 4. The molecular weight excluding hydrogens is 598 g/mol. The van der Waals surface area contributed by atoms with Crippen LogP contribution in [-0.4, -0.2) is 34.2 Å². The van der Waals surface area contributed by atoms with Gasteiger partial charge in [-0.3, -0.25) is 19.9 Å². The van der Waals surface area contributed by atoms with Crippen LogP contribution in [0.1, 0.15) is 54.6 Å². The van der Waals surface area contributed by atoms with Crippen LogP contribution in [0.5, 0.6) is 0 Å². The Kier molecular flexibility index (Phi) is 9.21. The van der Waals surface area contributed by atoms with E-state index >= 15 is 0 Å². The van der Waals surface area contributed by atoms with Crippen molar-refractivity contribution in [2.45, 2.75) is 62.3 Å². The van der Waals surface area contributed by atoms with E-state index in [0.29, 0.717) is 0 Å². The first-order valence-electron chi connectivity index (χ1n) is 14.8. The van der Waals surface area contributed by atoms with Crippen LogP contribution >= 0.6 is 18.5 Å². The molecule has 4 aliphatic carbocycles. The smallest absolute Gasteiger partial charge is 0.261 e. The van der Waals surface area contributed by atoms with Gasteiger partial charge in [-0.05, 0) is 49.1 Å². The molecule has 5 unspecified atom stereocenters. The molecule has 4 aromatic rings. The summed E-state index contributed by atoms with van der Waals surface area (Å²) in [5, 5.41) is 0.963. The maximum atomic E-state index is 4.86. The molecule has 4 nitrogen and oxygen atoms in total. The Morgan fingerprint density at radius 2 is 1.51 bits per heavy atom. The van der Waals surface area contributed by atoms with Gasteiger partial charge >= 0.3 is 17.1 Å². The van der Waals surface area contributed by atoms with Crippen LogP contribution < -0.4 is 5.19 Å². The minimum Gasteiger partial charge on any atom is -0.261 e. The SMILES string of the molecule is C[Si](C)(C)c1cc(C23CC4CC(CC(C4)C2CP)C3)c(C(P)(c2cnccn2)c2cnccn2)[cH-]1.[Fe+2].c1cc[cH-]c1. The molecule has 0 aliphatic heterocycles. The molecule has 0 saturated heterocycles. The second-order valence-corrected chi connectivity index (χ2v) is 19.8. The zero-order valence-corrected chi connectivity index (χ0v) is 28.8. The molecule has 2 aromatic heterocycles.